The Morgan fingerprint density at radius 1 is 1.44 bits per heavy atom. The highest BCUT2D eigenvalue weighted by molar-refractivity contribution is 5.70. The number of aliphatic carboxylic acids is 1. The Balaban J connectivity index is 2.01. The molecule has 2 rings (SSSR count). The highest BCUT2D eigenvalue weighted by Crippen LogP contribution is 2.23. The Kier molecular flexibility index (Phi) is 3.40. The van der Waals surface area contributed by atoms with Crippen molar-refractivity contribution in [3.05, 3.63) is 28.4 Å². The van der Waals surface area contributed by atoms with Crippen LogP contribution in [0.4, 0.5) is 11.5 Å². The van der Waals surface area contributed by atoms with Crippen LogP contribution in [0.3, 0.4) is 0 Å². The summed E-state index contributed by atoms with van der Waals surface area (Å²) in [4.78, 5) is 26.5. The summed E-state index contributed by atoms with van der Waals surface area (Å²) in [6.45, 7) is 1.27. The van der Waals surface area contributed by atoms with Crippen LogP contribution in [-0.2, 0) is 4.79 Å². The number of aromatic nitrogens is 1. The normalized spacial score (nSPS) is 16.6. The van der Waals surface area contributed by atoms with Gasteiger partial charge in [-0.2, -0.15) is 0 Å². The summed E-state index contributed by atoms with van der Waals surface area (Å²) in [5.74, 6) is -1.22. The molecule has 0 aromatic carbocycles. The minimum atomic E-state index is -0.753. The third-order valence-electron chi connectivity index (χ3n) is 3.13. The van der Waals surface area contributed by atoms with E-state index in [9.17, 15) is 14.9 Å². The second-order valence-corrected chi connectivity index (χ2v) is 4.23. The van der Waals surface area contributed by atoms with Gasteiger partial charge in [0, 0.05) is 19.2 Å². The molecule has 7 heteroatoms. The van der Waals surface area contributed by atoms with Crippen LogP contribution in [0.15, 0.2) is 18.3 Å². The molecular weight excluding hydrogens is 238 g/mol. The summed E-state index contributed by atoms with van der Waals surface area (Å²) in [7, 11) is 0. The Morgan fingerprint density at radius 2 is 2.11 bits per heavy atom. The first-order valence-electron chi connectivity index (χ1n) is 5.66. The molecule has 2 heterocycles. The third-order valence-corrected chi connectivity index (χ3v) is 3.13. The number of anilines is 1. The van der Waals surface area contributed by atoms with Gasteiger partial charge in [-0.25, -0.2) is 0 Å². The highest BCUT2D eigenvalue weighted by Gasteiger charge is 2.25. The molecule has 0 aliphatic carbocycles. The first kappa shape index (κ1) is 12.3. The Morgan fingerprint density at radius 3 is 2.56 bits per heavy atom. The Hall–Kier alpha value is -2.18. The van der Waals surface area contributed by atoms with Crippen LogP contribution in [0.25, 0.3) is 0 Å². The van der Waals surface area contributed by atoms with Gasteiger partial charge in [0.1, 0.15) is 0 Å². The molecule has 1 saturated heterocycles. The number of rotatable bonds is 3. The number of nitrogens with zero attached hydrogens (tertiary/aromatic N) is 3. The fourth-order valence-electron chi connectivity index (χ4n) is 2.06. The number of nitro groups is 1. The van der Waals surface area contributed by atoms with E-state index < -0.39 is 10.9 Å². The molecular formula is C11H13N3O4. The quantitative estimate of drug-likeness (QED) is 0.642. The molecule has 0 amide bonds. The van der Waals surface area contributed by atoms with E-state index in [4.69, 9.17) is 5.11 Å². The average Bonchev–Trinajstić information content (AvgIpc) is 2.39. The monoisotopic (exact) mass is 251 g/mol. The summed E-state index contributed by atoms with van der Waals surface area (Å²) in [6.07, 6.45) is 2.64. The molecule has 0 atom stereocenters. The minimum absolute atomic E-state index is 0.181. The summed E-state index contributed by atoms with van der Waals surface area (Å²) in [5, 5.41) is 19.4. The van der Waals surface area contributed by atoms with Crippen molar-refractivity contribution in [3.8, 4) is 0 Å². The van der Waals surface area contributed by atoms with E-state index in [0.717, 1.165) is 5.69 Å². The minimum Gasteiger partial charge on any atom is -0.481 e. The van der Waals surface area contributed by atoms with Gasteiger partial charge in [-0.1, -0.05) is 0 Å². The zero-order chi connectivity index (χ0) is 13.1. The summed E-state index contributed by atoms with van der Waals surface area (Å²) in [5.41, 5.74) is 0.796. The molecule has 0 spiro atoms. The molecule has 0 radical (unpaired) electrons. The number of hydrogen-bond acceptors (Lipinski definition) is 5. The summed E-state index contributed by atoms with van der Waals surface area (Å²) in [6, 6.07) is 3.00. The smallest absolute Gasteiger partial charge is 0.363 e. The third kappa shape index (κ3) is 2.55. The molecule has 0 bridgehead atoms. The first-order chi connectivity index (χ1) is 8.58. The van der Waals surface area contributed by atoms with Crippen molar-refractivity contribution >= 4 is 17.5 Å². The van der Waals surface area contributed by atoms with Gasteiger partial charge in [0.2, 0.25) is 0 Å². The maximum Gasteiger partial charge on any atom is 0.363 e. The van der Waals surface area contributed by atoms with Gasteiger partial charge in [-0.15, -0.1) is 0 Å². The van der Waals surface area contributed by atoms with E-state index >= 15 is 0 Å². The van der Waals surface area contributed by atoms with Crippen LogP contribution in [0.1, 0.15) is 12.8 Å². The number of carboxylic acid groups (broad SMARTS) is 1. The Labute approximate surface area is 103 Å². The number of piperidine rings is 1. The second kappa shape index (κ2) is 4.99. The molecule has 1 aromatic rings. The second-order valence-electron chi connectivity index (χ2n) is 4.23. The predicted molar refractivity (Wildman–Crippen MR) is 63.5 cm³/mol. The van der Waals surface area contributed by atoms with E-state index in [-0.39, 0.29) is 11.7 Å². The van der Waals surface area contributed by atoms with Gasteiger partial charge in [-0.3, -0.25) is 4.79 Å². The zero-order valence-electron chi connectivity index (χ0n) is 9.65. The lowest BCUT2D eigenvalue weighted by molar-refractivity contribution is -0.389. The lowest BCUT2D eigenvalue weighted by Gasteiger charge is -2.30. The Bertz CT molecular complexity index is 452. The zero-order valence-corrected chi connectivity index (χ0v) is 9.65. The number of carboxylic acids is 1. The molecule has 1 N–H and O–H groups in total. The molecule has 18 heavy (non-hydrogen) atoms. The van der Waals surface area contributed by atoms with Crippen molar-refractivity contribution in [3.63, 3.8) is 0 Å². The largest absolute Gasteiger partial charge is 0.481 e. The van der Waals surface area contributed by atoms with Crippen molar-refractivity contribution in [2.75, 3.05) is 18.0 Å². The van der Waals surface area contributed by atoms with Crippen molar-refractivity contribution in [2.45, 2.75) is 12.8 Å². The van der Waals surface area contributed by atoms with Crippen LogP contribution in [0, 0.1) is 16.0 Å². The SMILES string of the molecule is O=C(O)C1CCN(c2ccc([N+](=O)[O-])nc2)CC1. The van der Waals surface area contributed by atoms with Crippen molar-refractivity contribution in [2.24, 2.45) is 5.92 Å². The number of carbonyl (C=O) groups is 1. The van der Waals surface area contributed by atoms with Crippen molar-refractivity contribution in [1.82, 2.24) is 4.98 Å². The van der Waals surface area contributed by atoms with E-state index in [1.54, 1.807) is 6.07 Å². The molecule has 96 valence electrons. The maximum absolute atomic E-state index is 10.8. The summed E-state index contributed by atoms with van der Waals surface area (Å²) >= 11 is 0. The van der Waals surface area contributed by atoms with Gasteiger partial charge < -0.3 is 20.1 Å². The van der Waals surface area contributed by atoms with Gasteiger partial charge in [0.05, 0.1) is 11.6 Å². The molecule has 1 fully saturated rings. The molecule has 1 aromatic heterocycles. The fraction of sp³-hybridized carbons (Fsp3) is 0.455. The van der Waals surface area contributed by atoms with E-state index in [0.29, 0.717) is 25.9 Å². The first-order valence-corrected chi connectivity index (χ1v) is 5.66. The lowest BCUT2D eigenvalue weighted by atomic mass is 9.97. The van der Waals surface area contributed by atoms with Gasteiger partial charge in [-0.05, 0) is 28.8 Å². The van der Waals surface area contributed by atoms with Crippen molar-refractivity contribution in [1.29, 1.82) is 0 Å². The van der Waals surface area contributed by atoms with E-state index in [1.807, 2.05) is 4.90 Å². The molecule has 1 aliphatic rings. The van der Waals surface area contributed by atoms with E-state index in [2.05, 4.69) is 4.98 Å². The van der Waals surface area contributed by atoms with Crippen LogP contribution in [-0.4, -0.2) is 34.1 Å². The van der Waals surface area contributed by atoms with Crippen LogP contribution >= 0.6 is 0 Å². The van der Waals surface area contributed by atoms with Crippen LogP contribution in [0.5, 0.6) is 0 Å². The molecule has 0 saturated carbocycles. The standard InChI is InChI=1S/C11H13N3O4/c15-11(16)8-3-5-13(6-4-8)9-1-2-10(12-7-9)14(17)18/h1-2,7-8H,3-6H2,(H,15,16). The van der Waals surface area contributed by atoms with Crippen molar-refractivity contribution < 1.29 is 14.8 Å². The van der Waals surface area contributed by atoms with Gasteiger partial charge >= 0.3 is 11.8 Å². The molecule has 1 aliphatic heterocycles. The fourth-order valence-corrected chi connectivity index (χ4v) is 2.06. The maximum atomic E-state index is 10.8. The lowest BCUT2D eigenvalue weighted by Crippen LogP contribution is -2.36. The van der Waals surface area contributed by atoms with Crippen LogP contribution < -0.4 is 4.90 Å². The molecule has 0 unspecified atom stereocenters. The predicted octanol–water partition coefficient (Wildman–Crippen LogP) is 1.29. The van der Waals surface area contributed by atoms with E-state index in [1.165, 1.54) is 12.3 Å². The topological polar surface area (TPSA) is 96.6 Å². The number of hydrogen-bond donors (Lipinski definition) is 1. The summed E-state index contributed by atoms with van der Waals surface area (Å²) < 4.78 is 0. The van der Waals surface area contributed by atoms with Gasteiger partial charge in [0.15, 0.2) is 6.20 Å². The average molecular weight is 251 g/mol. The number of pyridine rings is 1. The molecule has 7 nitrogen and oxygen atoms in total. The van der Waals surface area contributed by atoms with Crippen LogP contribution in [0.2, 0.25) is 0 Å². The van der Waals surface area contributed by atoms with Gasteiger partial charge in [0.25, 0.3) is 0 Å². The highest BCUT2D eigenvalue weighted by atomic mass is 16.6.